The molecule has 9 nitrogen and oxygen atoms in total. The van der Waals surface area contributed by atoms with Crippen molar-refractivity contribution in [1.82, 2.24) is 10.2 Å². The third-order valence-electron chi connectivity index (χ3n) is 5.35. The Morgan fingerprint density at radius 1 is 1.00 bits per heavy atom. The van der Waals surface area contributed by atoms with Crippen LogP contribution in [0.1, 0.15) is 32.8 Å². The maximum atomic E-state index is 13.6. The van der Waals surface area contributed by atoms with Crippen molar-refractivity contribution < 1.29 is 27.5 Å². The Morgan fingerprint density at radius 3 is 2.14 bits per heavy atom. The highest BCUT2D eigenvalue weighted by Crippen LogP contribution is 2.24. The predicted molar refractivity (Wildman–Crippen MR) is 136 cm³/mol. The largest absolute Gasteiger partial charge is 0.497 e. The summed E-state index contributed by atoms with van der Waals surface area (Å²) in [4.78, 5) is 28.0. The molecule has 0 saturated carbocycles. The minimum atomic E-state index is -3.81. The molecular weight excluding hydrogens is 470 g/mol. The van der Waals surface area contributed by atoms with Crippen LogP contribution in [0.5, 0.6) is 11.5 Å². The average molecular weight is 506 g/mol. The summed E-state index contributed by atoms with van der Waals surface area (Å²) < 4.78 is 36.8. The zero-order valence-corrected chi connectivity index (χ0v) is 22.0. The van der Waals surface area contributed by atoms with E-state index in [0.717, 1.165) is 16.1 Å². The van der Waals surface area contributed by atoms with E-state index in [0.29, 0.717) is 23.6 Å². The molecule has 0 aliphatic heterocycles. The molecule has 35 heavy (non-hydrogen) atoms. The minimum absolute atomic E-state index is 0.112. The van der Waals surface area contributed by atoms with Crippen LogP contribution in [0.2, 0.25) is 0 Å². The summed E-state index contributed by atoms with van der Waals surface area (Å²) in [6.45, 7) is 5.16. The number of sulfonamides is 1. The van der Waals surface area contributed by atoms with Gasteiger partial charge in [-0.3, -0.25) is 13.9 Å². The molecule has 2 aromatic rings. The summed E-state index contributed by atoms with van der Waals surface area (Å²) in [7, 11) is -0.773. The summed E-state index contributed by atoms with van der Waals surface area (Å²) in [5, 5.41) is 2.86. The van der Waals surface area contributed by atoms with E-state index in [4.69, 9.17) is 9.47 Å². The molecule has 1 atom stereocenters. The molecule has 2 amide bonds. The highest BCUT2D eigenvalue weighted by Gasteiger charge is 2.32. The Bertz CT molecular complexity index is 1100. The third kappa shape index (κ3) is 7.88. The number of rotatable bonds is 12. The van der Waals surface area contributed by atoms with Crippen molar-refractivity contribution in [3.63, 3.8) is 0 Å². The van der Waals surface area contributed by atoms with Crippen molar-refractivity contribution in [3.05, 3.63) is 54.1 Å². The number of nitrogens with zero attached hydrogens (tertiary/aromatic N) is 2. The Balaban J connectivity index is 2.44. The van der Waals surface area contributed by atoms with Gasteiger partial charge in [0, 0.05) is 18.7 Å². The first kappa shape index (κ1) is 28.0. The number of amides is 2. The van der Waals surface area contributed by atoms with Gasteiger partial charge in [-0.25, -0.2) is 8.42 Å². The number of methoxy groups -OCH3 is 2. The van der Waals surface area contributed by atoms with E-state index in [1.807, 2.05) is 32.9 Å². The van der Waals surface area contributed by atoms with Crippen molar-refractivity contribution in [3.8, 4) is 11.5 Å². The van der Waals surface area contributed by atoms with Crippen molar-refractivity contribution in [1.29, 1.82) is 0 Å². The highest BCUT2D eigenvalue weighted by atomic mass is 32.2. The van der Waals surface area contributed by atoms with Crippen LogP contribution >= 0.6 is 0 Å². The molecule has 0 aliphatic rings. The molecule has 0 saturated heterocycles. The lowest BCUT2D eigenvalue weighted by molar-refractivity contribution is -0.140. The molecule has 0 fully saturated rings. The maximum Gasteiger partial charge on any atom is 0.244 e. The fourth-order valence-corrected chi connectivity index (χ4v) is 4.45. The summed E-state index contributed by atoms with van der Waals surface area (Å²) in [5.41, 5.74) is 1.08. The average Bonchev–Trinajstić information content (AvgIpc) is 2.81. The first-order chi connectivity index (χ1) is 16.5. The lowest BCUT2D eigenvalue weighted by Gasteiger charge is -2.33. The molecule has 1 unspecified atom stereocenters. The lowest BCUT2D eigenvalue weighted by atomic mass is 10.1. The van der Waals surface area contributed by atoms with Gasteiger partial charge in [0.05, 0.1) is 26.2 Å². The molecule has 192 valence electrons. The fraction of sp³-hybridized carbons (Fsp3) is 0.440. The number of hydrogen-bond donors (Lipinski definition) is 1. The fourth-order valence-electron chi connectivity index (χ4n) is 3.61. The van der Waals surface area contributed by atoms with Gasteiger partial charge in [0.2, 0.25) is 21.8 Å². The molecule has 1 N–H and O–H groups in total. The van der Waals surface area contributed by atoms with Crippen molar-refractivity contribution >= 4 is 27.5 Å². The molecule has 0 aromatic heterocycles. The Hall–Kier alpha value is -3.27. The molecule has 2 rings (SSSR count). The smallest absolute Gasteiger partial charge is 0.244 e. The number of hydrogen-bond acceptors (Lipinski definition) is 6. The Labute approximate surface area is 208 Å². The zero-order chi connectivity index (χ0) is 26.2. The van der Waals surface area contributed by atoms with Crippen molar-refractivity contribution in [2.75, 3.05) is 31.3 Å². The highest BCUT2D eigenvalue weighted by molar-refractivity contribution is 7.92. The minimum Gasteiger partial charge on any atom is -0.497 e. The molecule has 10 heteroatoms. The Kier molecular flexibility index (Phi) is 9.94. The van der Waals surface area contributed by atoms with Gasteiger partial charge in [-0.2, -0.15) is 0 Å². The van der Waals surface area contributed by atoms with Gasteiger partial charge in [0.15, 0.2) is 0 Å². The van der Waals surface area contributed by atoms with Gasteiger partial charge in [-0.1, -0.05) is 25.1 Å². The van der Waals surface area contributed by atoms with Crippen molar-refractivity contribution in [2.45, 2.75) is 45.8 Å². The van der Waals surface area contributed by atoms with Gasteiger partial charge in [-0.15, -0.1) is 0 Å². The summed E-state index contributed by atoms with van der Waals surface area (Å²) in [6, 6.07) is 12.7. The van der Waals surface area contributed by atoms with E-state index in [1.54, 1.807) is 43.5 Å². The molecule has 0 heterocycles. The van der Waals surface area contributed by atoms with Crippen LogP contribution in [-0.4, -0.2) is 64.2 Å². The number of carbonyl (C=O) groups is 2. The van der Waals surface area contributed by atoms with E-state index in [2.05, 4.69) is 5.32 Å². The number of anilines is 1. The molecule has 0 aliphatic carbocycles. The molecule has 0 bridgehead atoms. The van der Waals surface area contributed by atoms with E-state index in [1.165, 1.54) is 12.0 Å². The third-order valence-corrected chi connectivity index (χ3v) is 6.49. The summed E-state index contributed by atoms with van der Waals surface area (Å²) >= 11 is 0. The van der Waals surface area contributed by atoms with Crippen LogP contribution in [0.15, 0.2) is 48.5 Å². The second-order valence-corrected chi connectivity index (χ2v) is 10.3. The van der Waals surface area contributed by atoms with Crippen LogP contribution in [0, 0.1) is 0 Å². The molecule has 2 aromatic carbocycles. The van der Waals surface area contributed by atoms with Crippen LogP contribution in [0.4, 0.5) is 5.69 Å². The lowest BCUT2D eigenvalue weighted by Crippen LogP contribution is -2.53. The predicted octanol–water partition coefficient (Wildman–Crippen LogP) is 2.80. The number of carbonyl (C=O) groups excluding carboxylic acids is 2. The van der Waals surface area contributed by atoms with Gasteiger partial charge in [-0.05, 0) is 50.1 Å². The zero-order valence-electron chi connectivity index (χ0n) is 21.1. The van der Waals surface area contributed by atoms with Crippen LogP contribution < -0.4 is 19.1 Å². The second kappa shape index (κ2) is 12.4. The van der Waals surface area contributed by atoms with Crippen LogP contribution in [0.25, 0.3) is 0 Å². The van der Waals surface area contributed by atoms with E-state index in [-0.39, 0.29) is 18.5 Å². The van der Waals surface area contributed by atoms with E-state index in [9.17, 15) is 18.0 Å². The number of nitrogens with one attached hydrogen (secondary N) is 1. The second-order valence-electron chi connectivity index (χ2n) is 8.43. The SMILES string of the molecule is CCC(C(=O)NC(C)C)N(Cc1ccc(OC)cc1)C(=O)CN(c1cccc(OC)c1)S(C)(=O)=O. The molecule has 0 radical (unpaired) electrons. The Morgan fingerprint density at radius 2 is 1.63 bits per heavy atom. The first-order valence-electron chi connectivity index (χ1n) is 11.3. The van der Waals surface area contributed by atoms with Gasteiger partial charge >= 0.3 is 0 Å². The maximum absolute atomic E-state index is 13.6. The van der Waals surface area contributed by atoms with E-state index < -0.39 is 28.5 Å². The summed E-state index contributed by atoms with van der Waals surface area (Å²) in [5.74, 6) is 0.329. The molecule has 0 spiro atoms. The standard InChI is InChI=1S/C25H35N3O6S/c1-7-23(25(30)26-18(2)3)27(16-19-11-13-21(33-4)14-12-19)24(29)17-28(35(6,31)32)20-9-8-10-22(15-20)34-5/h8-15,18,23H,7,16-17H2,1-6H3,(H,26,30). The van der Waals surface area contributed by atoms with E-state index >= 15 is 0 Å². The van der Waals surface area contributed by atoms with Gasteiger partial charge in [0.1, 0.15) is 24.1 Å². The quantitative estimate of drug-likeness (QED) is 0.476. The topological polar surface area (TPSA) is 105 Å². The first-order valence-corrected chi connectivity index (χ1v) is 13.2. The van der Waals surface area contributed by atoms with Crippen LogP contribution in [0.3, 0.4) is 0 Å². The van der Waals surface area contributed by atoms with Crippen molar-refractivity contribution in [2.24, 2.45) is 0 Å². The number of benzene rings is 2. The normalized spacial score (nSPS) is 12.1. The monoisotopic (exact) mass is 505 g/mol. The van der Waals surface area contributed by atoms with Gasteiger partial charge in [0.25, 0.3) is 0 Å². The number of ether oxygens (including phenoxy) is 2. The van der Waals surface area contributed by atoms with Gasteiger partial charge < -0.3 is 19.7 Å². The summed E-state index contributed by atoms with van der Waals surface area (Å²) in [6.07, 6.45) is 1.40. The van der Waals surface area contributed by atoms with Crippen LogP contribution in [-0.2, 0) is 26.2 Å². The molecular formula is C25H35N3O6S.